The van der Waals surface area contributed by atoms with E-state index >= 15 is 0 Å². The van der Waals surface area contributed by atoms with E-state index in [-0.39, 0.29) is 0 Å². The van der Waals surface area contributed by atoms with Crippen LogP contribution in [0.4, 0.5) is 11.6 Å². The number of rotatable bonds is 4. The molecule has 2 aliphatic rings. The van der Waals surface area contributed by atoms with Crippen molar-refractivity contribution in [1.82, 2.24) is 24.3 Å². The molecule has 30 heavy (non-hydrogen) atoms. The molecule has 7 nitrogen and oxygen atoms in total. The average Bonchev–Trinajstić information content (AvgIpc) is 3.40. The van der Waals surface area contributed by atoms with Crippen LogP contribution in [0.5, 0.6) is 0 Å². The Morgan fingerprint density at radius 3 is 2.60 bits per heavy atom. The second kappa shape index (κ2) is 7.02. The van der Waals surface area contributed by atoms with Crippen LogP contribution in [0.25, 0.3) is 16.7 Å². The van der Waals surface area contributed by atoms with Gasteiger partial charge in [0, 0.05) is 62.2 Å². The fourth-order valence-electron chi connectivity index (χ4n) is 4.89. The third kappa shape index (κ3) is 2.84. The van der Waals surface area contributed by atoms with Gasteiger partial charge < -0.3 is 19.7 Å². The van der Waals surface area contributed by atoms with Crippen molar-refractivity contribution in [2.75, 3.05) is 43.0 Å². The Labute approximate surface area is 175 Å². The molecule has 0 bridgehead atoms. The van der Waals surface area contributed by atoms with Crippen molar-refractivity contribution >= 4 is 28.3 Å². The van der Waals surface area contributed by atoms with Crippen LogP contribution in [0.1, 0.15) is 18.9 Å². The fraction of sp³-hybridized carbons (Fsp3) is 0.391. The van der Waals surface area contributed by atoms with Crippen molar-refractivity contribution in [3.05, 3.63) is 55.0 Å². The van der Waals surface area contributed by atoms with E-state index in [0.717, 1.165) is 43.3 Å². The van der Waals surface area contributed by atoms with Crippen molar-refractivity contribution in [1.29, 1.82) is 0 Å². The lowest BCUT2D eigenvalue weighted by molar-refractivity contribution is 0.240. The monoisotopic (exact) mass is 401 g/mol. The molecule has 154 valence electrons. The highest BCUT2D eigenvalue weighted by atomic mass is 15.3. The number of hydrogen-bond donors (Lipinski definition) is 1. The van der Waals surface area contributed by atoms with Crippen LogP contribution >= 0.6 is 0 Å². The Morgan fingerprint density at radius 2 is 1.77 bits per heavy atom. The van der Waals surface area contributed by atoms with Gasteiger partial charge >= 0.3 is 0 Å². The molecule has 1 N–H and O–H groups in total. The molecule has 1 saturated carbocycles. The maximum Gasteiger partial charge on any atom is 0.142 e. The molecule has 7 heteroatoms. The number of anilines is 2. The molecule has 4 aromatic rings. The van der Waals surface area contributed by atoms with Crippen LogP contribution in [0, 0.1) is 0 Å². The Balaban J connectivity index is 1.21. The number of nitrogens with zero attached hydrogens (tertiary/aromatic N) is 6. The maximum atomic E-state index is 5.09. The van der Waals surface area contributed by atoms with E-state index in [2.05, 4.69) is 78.7 Å². The van der Waals surface area contributed by atoms with Gasteiger partial charge in [-0.15, -0.1) is 0 Å². The van der Waals surface area contributed by atoms with Crippen molar-refractivity contribution in [2.45, 2.75) is 24.9 Å². The van der Waals surface area contributed by atoms with Gasteiger partial charge in [-0.2, -0.15) is 0 Å². The average molecular weight is 402 g/mol. The van der Waals surface area contributed by atoms with E-state index in [0.29, 0.717) is 12.1 Å². The fourth-order valence-corrected chi connectivity index (χ4v) is 4.89. The molecule has 2 fully saturated rings. The molecule has 6 rings (SSSR count). The quantitative estimate of drug-likeness (QED) is 0.570. The summed E-state index contributed by atoms with van der Waals surface area (Å²) in [5.74, 6) is 2.30. The van der Waals surface area contributed by atoms with Crippen molar-refractivity contribution < 1.29 is 0 Å². The summed E-state index contributed by atoms with van der Waals surface area (Å²) < 4.78 is 4.55. The second-order valence-corrected chi connectivity index (χ2v) is 8.43. The third-order valence-corrected chi connectivity index (χ3v) is 6.80. The highest BCUT2D eigenvalue weighted by molar-refractivity contribution is 5.78. The van der Waals surface area contributed by atoms with Crippen LogP contribution in [0.15, 0.2) is 55.0 Å². The zero-order valence-corrected chi connectivity index (χ0v) is 17.3. The summed E-state index contributed by atoms with van der Waals surface area (Å²) in [5, 5.41) is 4.61. The molecular weight excluding hydrogens is 374 g/mol. The van der Waals surface area contributed by atoms with Gasteiger partial charge in [0.2, 0.25) is 0 Å². The van der Waals surface area contributed by atoms with Crippen LogP contribution in [0.3, 0.4) is 0 Å². The number of pyridine rings is 2. The summed E-state index contributed by atoms with van der Waals surface area (Å²) in [6.45, 7) is 3.89. The van der Waals surface area contributed by atoms with E-state index in [1.807, 2.05) is 12.4 Å². The minimum absolute atomic E-state index is 0.565. The number of hydrogen-bond acceptors (Lipinski definition) is 5. The molecule has 0 unspecified atom stereocenters. The number of piperazine rings is 1. The van der Waals surface area contributed by atoms with E-state index in [1.165, 1.54) is 24.0 Å². The molecule has 0 aromatic carbocycles. The first-order chi connectivity index (χ1) is 14.8. The molecule has 1 aliphatic heterocycles. The number of aromatic nitrogens is 4. The molecule has 1 saturated heterocycles. The molecule has 1 aliphatic carbocycles. The first-order valence-electron chi connectivity index (χ1n) is 10.9. The molecular formula is C23H27N7. The molecule has 0 spiro atoms. The van der Waals surface area contributed by atoms with Crippen molar-refractivity contribution in [3.8, 4) is 0 Å². The van der Waals surface area contributed by atoms with Crippen LogP contribution in [-0.4, -0.2) is 58.2 Å². The van der Waals surface area contributed by atoms with E-state index in [9.17, 15) is 0 Å². The summed E-state index contributed by atoms with van der Waals surface area (Å²) in [4.78, 5) is 14.4. The smallest absolute Gasteiger partial charge is 0.142 e. The third-order valence-electron chi connectivity index (χ3n) is 6.80. The van der Waals surface area contributed by atoms with E-state index in [1.54, 1.807) is 0 Å². The Hall–Kier alpha value is -3.06. The normalized spacial score (nSPS) is 22.0. The lowest BCUT2D eigenvalue weighted by atomic mass is 9.87. The van der Waals surface area contributed by atoms with Gasteiger partial charge in [-0.3, -0.25) is 4.40 Å². The predicted molar refractivity (Wildman–Crippen MR) is 120 cm³/mol. The number of fused-ring (bicyclic) bond motifs is 2. The molecule has 5 heterocycles. The van der Waals surface area contributed by atoms with Crippen LogP contribution in [0.2, 0.25) is 0 Å². The predicted octanol–water partition coefficient (Wildman–Crippen LogP) is 2.93. The van der Waals surface area contributed by atoms with Crippen molar-refractivity contribution in [3.63, 3.8) is 0 Å². The molecule has 4 aromatic heterocycles. The first-order valence-corrected chi connectivity index (χ1v) is 10.9. The number of imidazole rings is 1. The summed E-state index contributed by atoms with van der Waals surface area (Å²) in [6, 6.07) is 14.1. The summed E-state index contributed by atoms with van der Waals surface area (Å²) in [7, 11) is 2.05. The van der Waals surface area contributed by atoms with E-state index < -0.39 is 0 Å². The SMILES string of the molecule is CN[C@H]1C[C@H](n2ccc3ccc(N4CCN(c5cccc6nccn56)CC4)nc32)C1. The maximum absolute atomic E-state index is 5.09. The van der Waals surface area contributed by atoms with E-state index in [4.69, 9.17) is 4.98 Å². The Kier molecular flexibility index (Phi) is 4.16. The van der Waals surface area contributed by atoms with Gasteiger partial charge in [-0.1, -0.05) is 6.07 Å². The van der Waals surface area contributed by atoms with Gasteiger partial charge in [0.05, 0.1) is 0 Å². The minimum Gasteiger partial charge on any atom is -0.354 e. The molecule has 0 radical (unpaired) electrons. The Morgan fingerprint density at radius 1 is 0.933 bits per heavy atom. The van der Waals surface area contributed by atoms with Gasteiger partial charge in [0.1, 0.15) is 22.9 Å². The highest BCUT2D eigenvalue weighted by Gasteiger charge is 2.30. The van der Waals surface area contributed by atoms with Crippen molar-refractivity contribution in [2.24, 2.45) is 0 Å². The zero-order chi connectivity index (χ0) is 20.1. The summed E-state index contributed by atoms with van der Waals surface area (Å²) in [5.41, 5.74) is 2.12. The lowest BCUT2D eigenvalue weighted by Crippen LogP contribution is -2.47. The lowest BCUT2D eigenvalue weighted by Gasteiger charge is -2.37. The molecule has 0 amide bonds. The van der Waals surface area contributed by atoms with Gasteiger partial charge in [-0.05, 0) is 50.2 Å². The van der Waals surface area contributed by atoms with Crippen LogP contribution < -0.4 is 15.1 Å². The highest BCUT2D eigenvalue weighted by Crippen LogP contribution is 2.35. The number of nitrogens with one attached hydrogen (secondary N) is 1. The standard InChI is InChI=1S/C23H27N7/c1-24-18-15-19(16-18)29-9-7-17-5-6-21(26-23(17)29)27-11-13-28(14-12-27)22-4-2-3-20-25-8-10-30(20)22/h2-10,18-19,24H,11-16H2,1H3/t18-,19-. The zero-order valence-electron chi connectivity index (χ0n) is 17.3. The second-order valence-electron chi connectivity index (χ2n) is 8.43. The first kappa shape index (κ1) is 17.8. The van der Waals surface area contributed by atoms with Gasteiger partial charge in [0.15, 0.2) is 0 Å². The minimum atomic E-state index is 0.565. The summed E-state index contributed by atoms with van der Waals surface area (Å²) >= 11 is 0. The summed E-state index contributed by atoms with van der Waals surface area (Å²) in [6.07, 6.45) is 8.49. The van der Waals surface area contributed by atoms with Gasteiger partial charge in [-0.25, -0.2) is 9.97 Å². The largest absolute Gasteiger partial charge is 0.354 e. The molecule has 0 atom stereocenters. The Bertz CT molecular complexity index is 1180. The van der Waals surface area contributed by atoms with Gasteiger partial charge in [0.25, 0.3) is 0 Å². The van der Waals surface area contributed by atoms with Crippen LogP contribution in [-0.2, 0) is 0 Å². The topological polar surface area (TPSA) is 53.6 Å².